The third kappa shape index (κ3) is 3.52. The van der Waals surface area contributed by atoms with Crippen LogP contribution in [0.3, 0.4) is 0 Å². The van der Waals surface area contributed by atoms with Gasteiger partial charge in [-0.2, -0.15) is 0 Å². The van der Waals surface area contributed by atoms with Crippen LogP contribution in [-0.4, -0.2) is 21.3 Å². The molecule has 1 heterocycles. The minimum atomic E-state index is 0.402. The van der Waals surface area contributed by atoms with Crippen LogP contribution in [0, 0.1) is 0 Å². The summed E-state index contributed by atoms with van der Waals surface area (Å²) in [7, 11) is 0. The maximum Gasteiger partial charge on any atom is 0.172 e. The standard InChI is InChI=1S/C19H25N3O/c1-2-3-7-15-10-12-17(13-11-15)22-19(18(14-23)20-21-22)16-8-5-4-6-9-16/h10-14,16H,2-9H2,1H3. The van der Waals surface area contributed by atoms with Crippen molar-refractivity contribution in [2.24, 2.45) is 0 Å². The lowest BCUT2D eigenvalue weighted by Crippen LogP contribution is -2.12. The molecule has 1 aliphatic carbocycles. The minimum absolute atomic E-state index is 0.402. The molecule has 0 spiro atoms. The molecule has 0 amide bonds. The van der Waals surface area contributed by atoms with E-state index in [9.17, 15) is 4.79 Å². The van der Waals surface area contributed by atoms with Crippen molar-refractivity contribution in [1.29, 1.82) is 0 Å². The van der Waals surface area contributed by atoms with Gasteiger partial charge in [0.1, 0.15) is 5.69 Å². The molecule has 4 heteroatoms. The van der Waals surface area contributed by atoms with Crippen LogP contribution < -0.4 is 0 Å². The van der Waals surface area contributed by atoms with Gasteiger partial charge in [0.15, 0.2) is 6.29 Å². The summed E-state index contributed by atoms with van der Waals surface area (Å²) in [6, 6.07) is 8.52. The first-order chi connectivity index (χ1) is 11.3. The molecule has 0 unspecified atom stereocenters. The van der Waals surface area contributed by atoms with Crippen molar-refractivity contribution in [3.8, 4) is 5.69 Å². The smallest absolute Gasteiger partial charge is 0.172 e. The van der Waals surface area contributed by atoms with Crippen molar-refractivity contribution in [3.05, 3.63) is 41.2 Å². The van der Waals surface area contributed by atoms with Crippen molar-refractivity contribution < 1.29 is 4.79 Å². The summed E-state index contributed by atoms with van der Waals surface area (Å²) in [6.45, 7) is 2.21. The molecule has 1 fully saturated rings. The van der Waals surface area contributed by atoms with Gasteiger partial charge < -0.3 is 0 Å². The summed E-state index contributed by atoms with van der Waals surface area (Å²) < 4.78 is 1.88. The molecule has 122 valence electrons. The van der Waals surface area contributed by atoms with E-state index < -0.39 is 0 Å². The number of benzene rings is 1. The largest absolute Gasteiger partial charge is 0.296 e. The van der Waals surface area contributed by atoms with Crippen LogP contribution in [0.2, 0.25) is 0 Å². The van der Waals surface area contributed by atoms with Gasteiger partial charge in [-0.3, -0.25) is 4.79 Å². The number of carbonyl (C=O) groups excluding carboxylic acids is 1. The normalized spacial score (nSPS) is 15.7. The average Bonchev–Trinajstić information content (AvgIpc) is 3.05. The molecule has 2 aromatic rings. The highest BCUT2D eigenvalue weighted by Gasteiger charge is 2.24. The molecular formula is C19H25N3O. The molecule has 1 aromatic carbocycles. The molecule has 23 heavy (non-hydrogen) atoms. The maximum absolute atomic E-state index is 11.4. The first-order valence-electron chi connectivity index (χ1n) is 8.83. The Hall–Kier alpha value is -1.97. The molecule has 0 aliphatic heterocycles. The van der Waals surface area contributed by atoms with Gasteiger partial charge in [-0.05, 0) is 43.4 Å². The highest BCUT2D eigenvalue weighted by molar-refractivity contribution is 5.74. The molecule has 1 aromatic heterocycles. The van der Waals surface area contributed by atoms with E-state index in [0.29, 0.717) is 11.6 Å². The summed E-state index contributed by atoms with van der Waals surface area (Å²) in [6.07, 6.45) is 10.4. The van der Waals surface area contributed by atoms with Crippen molar-refractivity contribution in [1.82, 2.24) is 15.0 Å². The first kappa shape index (κ1) is 15.9. The summed E-state index contributed by atoms with van der Waals surface area (Å²) >= 11 is 0. The fraction of sp³-hybridized carbons (Fsp3) is 0.526. The van der Waals surface area contributed by atoms with Crippen LogP contribution in [-0.2, 0) is 6.42 Å². The molecule has 0 saturated heterocycles. The zero-order valence-electron chi connectivity index (χ0n) is 13.9. The first-order valence-corrected chi connectivity index (χ1v) is 8.83. The lowest BCUT2D eigenvalue weighted by molar-refractivity contribution is 0.111. The SMILES string of the molecule is CCCCc1ccc(-n2nnc(C=O)c2C2CCCCC2)cc1. The van der Waals surface area contributed by atoms with Gasteiger partial charge in [-0.1, -0.05) is 50.0 Å². The van der Waals surface area contributed by atoms with E-state index in [2.05, 4.69) is 41.5 Å². The van der Waals surface area contributed by atoms with E-state index in [1.165, 1.54) is 37.7 Å². The number of aldehydes is 1. The Bertz CT molecular complexity index is 639. The van der Waals surface area contributed by atoms with E-state index in [1.807, 2.05) is 4.68 Å². The molecule has 0 atom stereocenters. The fourth-order valence-corrected chi connectivity index (χ4v) is 3.52. The average molecular weight is 311 g/mol. The second kappa shape index (κ2) is 7.53. The molecule has 0 N–H and O–H groups in total. The number of aromatic nitrogens is 3. The fourth-order valence-electron chi connectivity index (χ4n) is 3.52. The second-order valence-electron chi connectivity index (χ2n) is 6.49. The third-order valence-electron chi connectivity index (χ3n) is 4.84. The van der Waals surface area contributed by atoms with Crippen LogP contribution in [0.15, 0.2) is 24.3 Å². The van der Waals surface area contributed by atoms with Crippen LogP contribution >= 0.6 is 0 Å². The summed E-state index contributed by atoms with van der Waals surface area (Å²) in [5.74, 6) is 0.402. The Morgan fingerprint density at radius 3 is 2.57 bits per heavy atom. The molecule has 0 radical (unpaired) electrons. The molecule has 0 bridgehead atoms. The lowest BCUT2D eigenvalue weighted by Gasteiger charge is -2.22. The van der Waals surface area contributed by atoms with Gasteiger partial charge in [-0.15, -0.1) is 5.10 Å². The number of aryl methyl sites for hydroxylation is 1. The van der Waals surface area contributed by atoms with Crippen LogP contribution in [0.25, 0.3) is 5.69 Å². The maximum atomic E-state index is 11.4. The third-order valence-corrected chi connectivity index (χ3v) is 4.84. The van der Waals surface area contributed by atoms with Crippen molar-refractivity contribution in [2.45, 2.75) is 64.2 Å². The van der Waals surface area contributed by atoms with Gasteiger partial charge in [-0.25, -0.2) is 4.68 Å². The van der Waals surface area contributed by atoms with Crippen LogP contribution in [0.5, 0.6) is 0 Å². The predicted molar refractivity (Wildman–Crippen MR) is 91.2 cm³/mol. The molecule has 1 aliphatic rings. The molecule has 3 rings (SSSR count). The molecule has 1 saturated carbocycles. The lowest BCUT2D eigenvalue weighted by atomic mass is 9.86. The quantitative estimate of drug-likeness (QED) is 0.739. The monoisotopic (exact) mass is 311 g/mol. The van der Waals surface area contributed by atoms with E-state index in [4.69, 9.17) is 0 Å². The van der Waals surface area contributed by atoms with Crippen LogP contribution in [0.1, 0.15) is 79.5 Å². The van der Waals surface area contributed by atoms with Gasteiger partial charge >= 0.3 is 0 Å². The Balaban J connectivity index is 1.89. The Labute approximate surface area is 137 Å². The highest BCUT2D eigenvalue weighted by atomic mass is 16.1. The van der Waals surface area contributed by atoms with E-state index in [1.54, 1.807) is 0 Å². The minimum Gasteiger partial charge on any atom is -0.296 e. The zero-order chi connectivity index (χ0) is 16.1. The van der Waals surface area contributed by atoms with E-state index >= 15 is 0 Å². The Morgan fingerprint density at radius 2 is 1.91 bits per heavy atom. The number of nitrogens with zero attached hydrogens (tertiary/aromatic N) is 3. The topological polar surface area (TPSA) is 47.8 Å². The number of carbonyl (C=O) groups is 1. The summed E-state index contributed by atoms with van der Waals surface area (Å²) in [5, 5.41) is 8.36. The second-order valence-corrected chi connectivity index (χ2v) is 6.49. The van der Waals surface area contributed by atoms with Gasteiger partial charge in [0, 0.05) is 5.92 Å². The predicted octanol–water partition coefficient (Wildman–Crippen LogP) is 4.47. The number of hydrogen-bond donors (Lipinski definition) is 0. The van der Waals surface area contributed by atoms with Crippen molar-refractivity contribution >= 4 is 6.29 Å². The molecular weight excluding hydrogens is 286 g/mol. The van der Waals surface area contributed by atoms with Gasteiger partial charge in [0.25, 0.3) is 0 Å². The summed E-state index contributed by atoms with van der Waals surface area (Å²) in [4.78, 5) is 11.4. The zero-order valence-corrected chi connectivity index (χ0v) is 13.9. The molecule has 4 nitrogen and oxygen atoms in total. The van der Waals surface area contributed by atoms with Gasteiger partial charge in [0.05, 0.1) is 11.4 Å². The van der Waals surface area contributed by atoms with Gasteiger partial charge in [0.2, 0.25) is 0 Å². The van der Waals surface area contributed by atoms with E-state index in [-0.39, 0.29) is 0 Å². The number of rotatable bonds is 6. The van der Waals surface area contributed by atoms with Crippen molar-refractivity contribution in [3.63, 3.8) is 0 Å². The number of unbranched alkanes of at least 4 members (excludes halogenated alkanes) is 1. The Kier molecular flexibility index (Phi) is 5.21. The summed E-state index contributed by atoms with van der Waals surface area (Å²) in [5.41, 5.74) is 3.87. The number of hydrogen-bond acceptors (Lipinski definition) is 3. The Morgan fingerprint density at radius 1 is 1.17 bits per heavy atom. The van der Waals surface area contributed by atoms with E-state index in [0.717, 1.165) is 36.9 Å². The highest BCUT2D eigenvalue weighted by Crippen LogP contribution is 2.34. The van der Waals surface area contributed by atoms with Crippen LogP contribution in [0.4, 0.5) is 0 Å². The van der Waals surface area contributed by atoms with Crippen molar-refractivity contribution in [2.75, 3.05) is 0 Å².